The van der Waals surface area contributed by atoms with Crippen LogP contribution in [-0.4, -0.2) is 10.9 Å². The van der Waals surface area contributed by atoms with Gasteiger partial charge in [0.15, 0.2) is 0 Å². The molecule has 0 atom stereocenters. The van der Waals surface area contributed by atoms with E-state index >= 15 is 0 Å². The summed E-state index contributed by atoms with van der Waals surface area (Å²) in [4.78, 5) is 0. The summed E-state index contributed by atoms with van der Waals surface area (Å²) in [5.74, 6) is 0.444. The van der Waals surface area contributed by atoms with Crippen molar-refractivity contribution in [2.24, 2.45) is 0 Å². The molecule has 3 heteroatoms. The summed E-state index contributed by atoms with van der Waals surface area (Å²) in [6, 6.07) is 0. The summed E-state index contributed by atoms with van der Waals surface area (Å²) >= 11 is 3.61. The molecule has 0 radical (unpaired) electrons. The Morgan fingerprint density at radius 3 is 2.00 bits per heavy atom. The Morgan fingerprint density at radius 1 is 1.80 bits per heavy atom. The van der Waals surface area contributed by atoms with Crippen LogP contribution >= 0.6 is 12.6 Å². The van der Waals surface area contributed by atoms with Crippen LogP contribution in [0.2, 0.25) is 0 Å². The van der Waals surface area contributed by atoms with E-state index in [1.807, 2.05) is 0 Å². The minimum absolute atomic E-state index is 0. The van der Waals surface area contributed by atoms with E-state index < -0.39 is 0 Å². The molecule has 0 fully saturated rings. The fraction of sp³-hybridized carbons (Fsp3) is 0.500. The minimum atomic E-state index is 0. The van der Waals surface area contributed by atoms with Crippen molar-refractivity contribution >= 4 is 12.6 Å². The second kappa shape index (κ2) is 8.85. The van der Waals surface area contributed by atoms with Gasteiger partial charge < -0.3 is 5.11 Å². The molecule has 0 spiro atoms. The van der Waals surface area contributed by atoms with Gasteiger partial charge in [-0.3, -0.25) is 0 Å². The van der Waals surface area contributed by atoms with Crippen LogP contribution in [0.5, 0.6) is 0 Å². The van der Waals surface area contributed by atoms with Crippen LogP contribution in [0.4, 0.5) is 0 Å². The van der Waals surface area contributed by atoms with Crippen LogP contribution in [0.15, 0.2) is 0 Å². The number of thiol groups is 1. The van der Waals surface area contributed by atoms with Gasteiger partial charge in [0.2, 0.25) is 0 Å². The van der Waals surface area contributed by atoms with Gasteiger partial charge in [0.05, 0.1) is 0 Å². The number of aliphatic hydroxyl groups is 1. The molecular formula is C2H5CuOS. The predicted molar refractivity (Wildman–Crippen MR) is 20.1 cm³/mol. The van der Waals surface area contributed by atoms with Gasteiger partial charge in [-0.15, -0.1) is 5.75 Å². The normalized spacial score (nSPS) is 6.00. The van der Waals surface area contributed by atoms with Crippen LogP contribution < -0.4 is 0 Å². The quantitative estimate of drug-likeness (QED) is 0.308. The molecule has 0 unspecified atom stereocenters. The van der Waals surface area contributed by atoms with Crippen LogP contribution in [0.3, 0.4) is 0 Å². The van der Waals surface area contributed by atoms with Gasteiger partial charge in [0.25, 0.3) is 0 Å². The molecule has 0 saturated heterocycles. The van der Waals surface area contributed by atoms with E-state index in [0.29, 0.717) is 5.75 Å². The van der Waals surface area contributed by atoms with Gasteiger partial charge in [-0.25, -0.2) is 19.2 Å². The molecule has 0 aromatic heterocycles. The fourth-order valence-electron chi connectivity index (χ4n) is 0. The molecule has 0 aliphatic heterocycles. The van der Waals surface area contributed by atoms with Crippen molar-refractivity contribution in [3.63, 3.8) is 0 Å². The van der Waals surface area contributed by atoms with Crippen LogP contribution in [0, 0.1) is 6.61 Å². The SMILES string of the molecule is O[CH-]CS.[Cu+]. The van der Waals surface area contributed by atoms with E-state index in [9.17, 15) is 0 Å². The molecule has 0 heterocycles. The molecular weight excluding hydrogens is 136 g/mol. The van der Waals surface area contributed by atoms with Crippen molar-refractivity contribution in [1.29, 1.82) is 0 Å². The topological polar surface area (TPSA) is 20.2 Å². The molecule has 1 nitrogen and oxygen atoms in total. The maximum absolute atomic E-state index is 7.67. The average Bonchev–Trinajstić information content (AvgIpc) is 1.37. The van der Waals surface area contributed by atoms with Gasteiger partial charge >= 0.3 is 17.1 Å². The standard InChI is InChI=1S/C2H5OS.Cu/c3-1-2-4;/h1,3-4H,2H2;/q-1;+1. The molecule has 5 heavy (non-hydrogen) atoms. The molecule has 0 aromatic rings. The maximum atomic E-state index is 7.67. The van der Waals surface area contributed by atoms with Crippen LogP contribution in [0.1, 0.15) is 0 Å². The first kappa shape index (κ1) is 9.27. The first-order valence-corrected chi connectivity index (χ1v) is 1.62. The third kappa shape index (κ3) is 11.6. The number of hydrogen-bond acceptors (Lipinski definition) is 2. The van der Waals surface area contributed by atoms with Gasteiger partial charge in [0, 0.05) is 0 Å². The second-order valence-corrected chi connectivity index (χ2v) is 0.730. The van der Waals surface area contributed by atoms with Crippen molar-refractivity contribution in [3.05, 3.63) is 6.61 Å². The zero-order valence-electron chi connectivity index (χ0n) is 2.48. The van der Waals surface area contributed by atoms with Gasteiger partial charge in [-0.1, -0.05) is 0 Å². The molecule has 0 amide bonds. The van der Waals surface area contributed by atoms with Crippen LogP contribution in [0.25, 0.3) is 0 Å². The Hall–Kier alpha value is 0.829. The van der Waals surface area contributed by atoms with Gasteiger partial charge in [-0.05, 0) is 0 Å². The van der Waals surface area contributed by atoms with Crippen molar-refractivity contribution in [3.8, 4) is 0 Å². The molecule has 0 aromatic carbocycles. The summed E-state index contributed by atoms with van der Waals surface area (Å²) in [6.45, 7) is 0.989. The van der Waals surface area contributed by atoms with Crippen LogP contribution in [-0.2, 0) is 17.1 Å². The van der Waals surface area contributed by atoms with Crippen molar-refractivity contribution in [1.82, 2.24) is 0 Å². The summed E-state index contributed by atoms with van der Waals surface area (Å²) < 4.78 is 0. The first-order valence-electron chi connectivity index (χ1n) is 0.983. The Kier molecular flexibility index (Phi) is 16.4. The van der Waals surface area contributed by atoms with E-state index in [4.69, 9.17) is 5.11 Å². The zero-order chi connectivity index (χ0) is 3.41. The zero-order valence-corrected chi connectivity index (χ0v) is 4.32. The number of aliphatic hydroxyl groups excluding tert-OH is 1. The Labute approximate surface area is 47.6 Å². The van der Waals surface area contributed by atoms with Gasteiger partial charge in [-0.2, -0.15) is 0 Å². The number of rotatable bonds is 1. The minimum Gasteiger partial charge on any atom is -0.565 e. The Balaban J connectivity index is 0. The average molecular weight is 141 g/mol. The smallest absolute Gasteiger partial charge is 0.565 e. The molecule has 36 valence electrons. The predicted octanol–water partition coefficient (Wildman–Crippen LogP) is 0.448. The van der Waals surface area contributed by atoms with Crippen molar-refractivity contribution in [2.75, 3.05) is 5.75 Å². The molecule has 0 rings (SSSR count). The van der Waals surface area contributed by atoms with E-state index in [-0.39, 0.29) is 17.1 Å². The number of hydrogen-bond donors (Lipinski definition) is 2. The Morgan fingerprint density at radius 2 is 2.00 bits per heavy atom. The first-order chi connectivity index (χ1) is 1.91. The summed E-state index contributed by atoms with van der Waals surface area (Å²) in [5, 5.41) is 7.67. The third-order valence-electron chi connectivity index (χ3n) is 0.0816. The Bertz CT molecular complexity index is 11.6. The molecule has 0 bridgehead atoms. The summed E-state index contributed by atoms with van der Waals surface area (Å²) in [5.41, 5.74) is 0. The largest absolute Gasteiger partial charge is 1.00 e. The second-order valence-electron chi connectivity index (χ2n) is 0.365. The summed E-state index contributed by atoms with van der Waals surface area (Å²) in [7, 11) is 0. The molecule has 0 saturated carbocycles. The molecule has 0 aliphatic carbocycles. The van der Waals surface area contributed by atoms with E-state index in [1.165, 1.54) is 0 Å². The van der Waals surface area contributed by atoms with E-state index in [1.54, 1.807) is 0 Å². The monoisotopic (exact) mass is 140 g/mol. The third-order valence-corrected chi connectivity index (χ3v) is 0.245. The van der Waals surface area contributed by atoms with Gasteiger partial charge in [0.1, 0.15) is 0 Å². The van der Waals surface area contributed by atoms with Crippen molar-refractivity contribution < 1.29 is 22.2 Å². The maximum Gasteiger partial charge on any atom is 1.00 e. The molecule has 0 aliphatic rings. The molecule has 1 N–H and O–H groups in total. The van der Waals surface area contributed by atoms with Crippen molar-refractivity contribution in [2.45, 2.75) is 0 Å². The summed E-state index contributed by atoms with van der Waals surface area (Å²) in [6.07, 6.45) is 0. The van der Waals surface area contributed by atoms with E-state index in [0.717, 1.165) is 6.61 Å². The van der Waals surface area contributed by atoms with E-state index in [2.05, 4.69) is 12.6 Å². The fourth-order valence-corrected chi connectivity index (χ4v) is 0.